The predicted octanol–water partition coefficient (Wildman–Crippen LogP) is 6.53. The predicted molar refractivity (Wildman–Crippen MR) is 142 cm³/mol. The van der Waals surface area contributed by atoms with E-state index in [0.717, 1.165) is 31.4 Å². The van der Waals surface area contributed by atoms with Gasteiger partial charge in [-0.3, -0.25) is 0 Å². The van der Waals surface area contributed by atoms with Crippen molar-refractivity contribution in [2.24, 2.45) is 0 Å². The smallest absolute Gasteiger partial charge is 0.123 e. The standard InChI is InChI=1S/C33H30O3/c34-25-14-10-22-12-16-29-32(27(22)18-25)31(24-8-6-21(7-9-24)20-4-2-1-3-5-20)33-28-19-26(35)15-11-23(28)13-17-30(33)36-29/h1-10,13-14,17-18,26,29,31-32,34-35H,11-12,15-16,19H2. The first-order valence-corrected chi connectivity index (χ1v) is 13.1. The number of phenols is 1. The molecule has 2 N–H and O–H groups in total. The van der Waals surface area contributed by atoms with Crippen LogP contribution in [0.4, 0.5) is 0 Å². The number of fused-ring (bicyclic) bond motifs is 6. The lowest BCUT2D eigenvalue weighted by molar-refractivity contribution is 0.120. The number of hydrogen-bond donors (Lipinski definition) is 2. The Labute approximate surface area is 212 Å². The van der Waals surface area contributed by atoms with Gasteiger partial charge in [-0.2, -0.15) is 0 Å². The van der Waals surface area contributed by atoms with Gasteiger partial charge in [0.15, 0.2) is 0 Å². The summed E-state index contributed by atoms with van der Waals surface area (Å²) in [5, 5.41) is 21.1. The highest BCUT2D eigenvalue weighted by Crippen LogP contribution is 2.54. The first-order valence-electron chi connectivity index (χ1n) is 13.1. The van der Waals surface area contributed by atoms with Gasteiger partial charge in [-0.25, -0.2) is 0 Å². The lowest BCUT2D eigenvalue weighted by Gasteiger charge is -2.45. The Hall–Kier alpha value is -3.56. The van der Waals surface area contributed by atoms with Crippen molar-refractivity contribution in [3.63, 3.8) is 0 Å². The maximum absolute atomic E-state index is 10.6. The zero-order chi connectivity index (χ0) is 24.2. The fourth-order valence-corrected chi connectivity index (χ4v) is 6.82. The molecule has 0 saturated carbocycles. The molecule has 0 spiro atoms. The van der Waals surface area contributed by atoms with Crippen molar-refractivity contribution < 1.29 is 14.9 Å². The summed E-state index contributed by atoms with van der Waals surface area (Å²) in [7, 11) is 0. The Morgan fingerprint density at radius 3 is 2.33 bits per heavy atom. The summed E-state index contributed by atoms with van der Waals surface area (Å²) in [6, 6.07) is 29.7. The molecule has 0 amide bonds. The highest BCUT2D eigenvalue weighted by atomic mass is 16.5. The number of hydrogen-bond acceptors (Lipinski definition) is 3. The first kappa shape index (κ1) is 21.7. The van der Waals surface area contributed by atoms with Gasteiger partial charge in [0.05, 0.1) is 6.10 Å². The Morgan fingerprint density at radius 2 is 1.50 bits per heavy atom. The molecule has 4 atom stereocenters. The number of aromatic hydroxyl groups is 1. The number of phenolic OH excluding ortho intramolecular Hbond substituents is 1. The maximum Gasteiger partial charge on any atom is 0.123 e. The zero-order valence-corrected chi connectivity index (χ0v) is 20.2. The van der Waals surface area contributed by atoms with Crippen LogP contribution in [0.25, 0.3) is 11.1 Å². The number of ether oxygens (including phenoxy) is 1. The number of aliphatic hydroxyl groups excluding tert-OH is 1. The molecule has 1 heterocycles. The van der Waals surface area contributed by atoms with Crippen LogP contribution < -0.4 is 4.74 Å². The van der Waals surface area contributed by atoms with E-state index in [2.05, 4.69) is 66.7 Å². The lowest BCUT2D eigenvalue weighted by Crippen LogP contribution is -2.39. The van der Waals surface area contributed by atoms with Gasteiger partial charge in [-0.15, -0.1) is 0 Å². The quantitative estimate of drug-likeness (QED) is 0.347. The Morgan fingerprint density at radius 1 is 0.750 bits per heavy atom. The number of benzene rings is 4. The summed E-state index contributed by atoms with van der Waals surface area (Å²) in [5.74, 6) is 1.49. The fraction of sp³-hybridized carbons (Fsp3) is 0.273. The first-order chi connectivity index (χ1) is 17.7. The molecule has 0 saturated heterocycles. The summed E-state index contributed by atoms with van der Waals surface area (Å²) in [6.07, 6.45) is 4.03. The highest BCUT2D eigenvalue weighted by Gasteiger charge is 2.45. The normalized spacial score (nSPS) is 24.0. The van der Waals surface area contributed by atoms with Crippen molar-refractivity contribution in [3.8, 4) is 22.6 Å². The van der Waals surface area contributed by atoms with Crippen molar-refractivity contribution >= 4 is 0 Å². The van der Waals surface area contributed by atoms with Gasteiger partial charge in [0.1, 0.15) is 17.6 Å². The summed E-state index contributed by atoms with van der Waals surface area (Å²) in [5.41, 5.74) is 10.0. The monoisotopic (exact) mass is 474 g/mol. The van der Waals surface area contributed by atoms with Crippen LogP contribution >= 0.6 is 0 Å². The van der Waals surface area contributed by atoms with Crippen LogP contribution in [0.15, 0.2) is 84.9 Å². The highest BCUT2D eigenvalue weighted by molar-refractivity contribution is 5.65. The van der Waals surface area contributed by atoms with Crippen molar-refractivity contribution in [3.05, 3.63) is 118 Å². The van der Waals surface area contributed by atoms with E-state index in [0.29, 0.717) is 12.2 Å². The molecule has 0 radical (unpaired) electrons. The van der Waals surface area contributed by atoms with Crippen LogP contribution in [0.5, 0.6) is 11.5 Å². The van der Waals surface area contributed by atoms with E-state index in [1.165, 1.54) is 44.5 Å². The molecule has 2 aliphatic carbocycles. The lowest BCUT2D eigenvalue weighted by atomic mass is 9.65. The molecule has 7 rings (SSSR count). The van der Waals surface area contributed by atoms with E-state index in [1.807, 2.05) is 12.1 Å². The van der Waals surface area contributed by atoms with Gasteiger partial charge >= 0.3 is 0 Å². The van der Waals surface area contributed by atoms with Crippen LogP contribution in [0.3, 0.4) is 0 Å². The topological polar surface area (TPSA) is 49.7 Å². The fourth-order valence-electron chi connectivity index (χ4n) is 6.82. The minimum atomic E-state index is -0.314. The van der Waals surface area contributed by atoms with E-state index in [-0.39, 0.29) is 24.0 Å². The molecule has 4 aromatic rings. The maximum atomic E-state index is 10.6. The van der Waals surface area contributed by atoms with Crippen LogP contribution in [-0.2, 0) is 19.3 Å². The van der Waals surface area contributed by atoms with Crippen LogP contribution in [0.1, 0.15) is 58.1 Å². The zero-order valence-electron chi connectivity index (χ0n) is 20.2. The summed E-state index contributed by atoms with van der Waals surface area (Å²) < 4.78 is 6.72. The van der Waals surface area contributed by atoms with E-state index >= 15 is 0 Å². The molecule has 0 bridgehead atoms. The second-order valence-electron chi connectivity index (χ2n) is 10.6. The average Bonchev–Trinajstić information content (AvgIpc) is 2.92. The number of aryl methyl sites for hydroxylation is 2. The third kappa shape index (κ3) is 3.53. The molecule has 180 valence electrons. The van der Waals surface area contributed by atoms with Crippen LogP contribution in [-0.4, -0.2) is 22.4 Å². The van der Waals surface area contributed by atoms with Crippen molar-refractivity contribution in [2.45, 2.75) is 56.1 Å². The molecule has 3 aliphatic rings. The molecule has 1 aliphatic heterocycles. The van der Waals surface area contributed by atoms with E-state index in [9.17, 15) is 10.2 Å². The summed E-state index contributed by atoms with van der Waals surface area (Å²) in [4.78, 5) is 0. The summed E-state index contributed by atoms with van der Waals surface area (Å²) >= 11 is 0. The third-order valence-corrected chi connectivity index (χ3v) is 8.51. The largest absolute Gasteiger partial charge is 0.508 e. The second-order valence-corrected chi connectivity index (χ2v) is 10.6. The Kier molecular flexibility index (Phi) is 5.14. The molecule has 4 unspecified atom stereocenters. The minimum Gasteiger partial charge on any atom is -0.508 e. The van der Waals surface area contributed by atoms with Crippen molar-refractivity contribution in [1.82, 2.24) is 0 Å². The molecule has 36 heavy (non-hydrogen) atoms. The van der Waals surface area contributed by atoms with Crippen LogP contribution in [0.2, 0.25) is 0 Å². The Balaban J connectivity index is 1.43. The number of rotatable bonds is 2. The molecule has 0 fully saturated rings. The molecule has 3 heteroatoms. The Bertz CT molecular complexity index is 1420. The second kappa shape index (κ2) is 8.53. The van der Waals surface area contributed by atoms with Gasteiger partial charge in [0.2, 0.25) is 0 Å². The van der Waals surface area contributed by atoms with Crippen molar-refractivity contribution in [2.75, 3.05) is 0 Å². The van der Waals surface area contributed by atoms with E-state index in [4.69, 9.17) is 4.74 Å². The third-order valence-electron chi connectivity index (χ3n) is 8.51. The minimum absolute atomic E-state index is 0.0529. The van der Waals surface area contributed by atoms with Gasteiger partial charge in [-0.05, 0) is 89.2 Å². The van der Waals surface area contributed by atoms with Gasteiger partial charge in [0, 0.05) is 17.4 Å². The van der Waals surface area contributed by atoms with E-state index in [1.54, 1.807) is 6.07 Å². The average molecular weight is 475 g/mol. The number of aliphatic hydroxyl groups is 1. The van der Waals surface area contributed by atoms with Gasteiger partial charge < -0.3 is 14.9 Å². The van der Waals surface area contributed by atoms with Crippen molar-refractivity contribution in [1.29, 1.82) is 0 Å². The molecular formula is C33H30O3. The molecule has 4 aromatic carbocycles. The summed E-state index contributed by atoms with van der Waals surface area (Å²) in [6.45, 7) is 0. The SMILES string of the molecule is Oc1ccc2c(c1)C1C(CC2)Oc2ccc3c(c2C1c1ccc(-c2ccccc2)cc1)CC(O)CC3. The molecule has 0 aromatic heterocycles. The molecular weight excluding hydrogens is 444 g/mol. The van der Waals surface area contributed by atoms with E-state index < -0.39 is 0 Å². The molecule has 3 nitrogen and oxygen atoms in total. The van der Waals surface area contributed by atoms with Gasteiger partial charge in [0.25, 0.3) is 0 Å². The van der Waals surface area contributed by atoms with Gasteiger partial charge in [-0.1, -0.05) is 66.7 Å². The van der Waals surface area contributed by atoms with Crippen LogP contribution in [0, 0.1) is 0 Å².